The lowest BCUT2D eigenvalue weighted by molar-refractivity contribution is -0.0918. The zero-order valence-corrected chi connectivity index (χ0v) is 14.3. The summed E-state index contributed by atoms with van der Waals surface area (Å²) in [6.45, 7) is 1.05. The summed E-state index contributed by atoms with van der Waals surface area (Å²) in [6, 6.07) is 6.94. The van der Waals surface area contributed by atoms with E-state index in [4.69, 9.17) is 11.5 Å². The highest BCUT2D eigenvalue weighted by molar-refractivity contribution is 6.10. The number of fused-ring (bicyclic) bond motifs is 1. The predicted molar refractivity (Wildman–Crippen MR) is 97.6 cm³/mol. The van der Waals surface area contributed by atoms with Gasteiger partial charge in [0.15, 0.2) is 0 Å². The third-order valence-electron chi connectivity index (χ3n) is 3.78. The van der Waals surface area contributed by atoms with Gasteiger partial charge in [-0.25, -0.2) is 4.98 Å². The Kier molecular flexibility index (Phi) is 7.08. The fraction of sp³-hybridized carbons (Fsp3) is 0.389. The molecule has 0 saturated carbocycles. The Morgan fingerprint density at radius 2 is 1.77 bits per heavy atom. The van der Waals surface area contributed by atoms with Gasteiger partial charge in [0.05, 0.1) is 22.9 Å². The van der Waals surface area contributed by atoms with Crippen molar-refractivity contribution in [3.63, 3.8) is 0 Å². The van der Waals surface area contributed by atoms with Crippen LogP contribution in [0.3, 0.4) is 0 Å². The molecule has 0 unspecified atom stereocenters. The molecule has 0 spiro atoms. The molecule has 5 nitrogen and oxygen atoms in total. The summed E-state index contributed by atoms with van der Waals surface area (Å²) in [5.41, 5.74) is 10.4. The first kappa shape index (κ1) is 19.8. The molecule has 0 aliphatic rings. The third-order valence-corrected chi connectivity index (χ3v) is 3.78. The highest BCUT2D eigenvalue weighted by Crippen LogP contribution is 2.27. The number of benzene rings is 1. The van der Waals surface area contributed by atoms with Crippen LogP contribution in [0.1, 0.15) is 31.4 Å². The van der Waals surface area contributed by atoms with Crippen molar-refractivity contribution in [3.05, 3.63) is 41.9 Å². The summed E-state index contributed by atoms with van der Waals surface area (Å²) in [5, 5.41) is 0. The van der Waals surface area contributed by atoms with Crippen molar-refractivity contribution in [2.45, 2.75) is 31.9 Å². The van der Waals surface area contributed by atoms with Crippen LogP contribution in [-0.2, 0) is 0 Å². The van der Waals surface area contributed by atoms with Gasteiger partial charge in [-0.05, 0) is 31.5 Å². The number of hydrogen-bond donors (Lipinski definition) is 2. The number of aliphatic imine (C=N–C) groups is 1. The van der Waals surface area contributed by atoms with Crippen LogP contribution in [0.2, 0.25) is 0 Å². The predicted octanol–water partition coefficient (Wildman–Crippen LogP) is 3.45. The van der Waals surface area contributed by atoms with E-state index in [0.717, 1.165) is 31.9 Å². The van der Waals surface area contributed by atoms with E-state index in [2.05, 4.69) is 15.0 Å². The van der Waals surface area contributed by atoms with Gasteiger partial charge in [-0.2, -0.15) is 13.2 Å². The van der Waals surface area contributed by atoms with E-state index in [1.54, 1.807) is 24.3 Å². The molecule has 8 heteroatoms. The molecule has 0 radical (unpaired) electrons. The zero-order valence-electron chi connectivity index (χ0n) is 14.3. The number of rotatable bonds is 8. The van der Waals surface area contributed by atoms with Gasteiger partial charge in [0, 0.05) is 18.3 Å². The molecule has 4 N–H and O–H groups in total. The highest BCUT2D eigenvalue weighted by Gasteiger charge is 2.34. The molecule has 0 fully saturated rings. The van der Waals surface area contributed by atoms with Crippen LogP contribution in [0.4, 0.5) is 13.2 Å². The number of nitrogens with two attached hydrogens (primary N) is 2. The molecule has 1 aromatic carbocycles. The molecule has 0 aliphatic heterocycles. The molecule has 0 atom stereocenters. The van der Waals surface area contributed by atoms with Crippen molar-refractivity contribution in [3.8, 4) is 0 Å². The van der Waals surface area contributed by atoms with E-state index >= 15 is 0 Å². The summed E-state index contributed by atoms with van der Waals surface area (Å²) in [5.74, 6) is 0. The summed E-state index contributed by atoms with van der Waals surface area (Å²) in [4.78, 5) is 12.5. The Balaban J connectivity index is 2.24. The lowest BCUT2D eigenvalue weighted by atomic mass is 10.1. The second-order valence-electron chi connectivity index (χ2n) is 5.81. The van der Waals surface area contributed by atoms with E-state index in [1.165, 1.54) is 6.20 Å². The van der Waals surface area contributed by atoms with Crippen LogP contribution in [0, 0.1) is 0 Å². The normalized spacial score (nSPS) is 13.4. The van der Waals surface area contributed by atoms with Crippen molar-refractivity contribution in [1.82, 2.24) is 9.97 Å². The number of aromatic nitrogens is 2. The van der Waals surface area contributed by atoms with E-state index in [9.17, 15) is 13.2 Å². The number of nitrogens with zero attached hydrogens (tertiary/aromatic N) is 3. The summed E-state index contributed by atoms with van der Waals surface area (Å²) in [6.07, 6.45) is 1.37. The zero-order chi connectivity index (χ0) is 19.0. The first-order valence-corrected chi connectivity index (χ1v) is 8.42. The number of halogens is 3. The maximum Gasteiger partial charge on any atom is 0.431 e. The van der Waals surface area contributed by atoms with Crippen LogP contribution in [0.15, 0.2) is 41.2 Å². The lowest BCUT2D eigenvalue weighted by Gasteiger charge is -2.11. The summed E-state index contributed by atoms with van der Waals surface area (Å²) >= 11 is 0. The van der Waals surface area contributed by atoms with Crippen LogP contribution in [0.25, 0.3) is 16.6 Å². The molecular formula is C18H22F3N5. The van der Waals surface area contributed by atoms with Gasteiger partial charge in [0.2, 0.25) is 0 Å². The average Bonchev–Trinajstić information content (AvgIpc) is 2.62. The topological polar surface area (TPSA) is 90.2 Å². The number of hydrogen-bond acceptors (Lipinski definition) is 5. The molecular weight excluding hydrogens is 343 g/mol. The SMILES string of the molecule is NCCCCCCN=C/C(=C(\N)C(F)(F)F)c1cnc2ccccc2n1. The van der Waals surface area contributed by atoms with Gasteiger partial charge in [-0.15, -0.1) is 0 Å². The minimum Gasteiger partial charge on any atom is -0.394 e. The average molecular weight is 365 g/mol. The van der Waals surface area contributed by atoms with Gasteiger partial charge in [-0.3, -0.25) is 9.98 Å². The van der Waals surface area contributed by atoms with E-state index in [1.807, 2.05) is 0 Å². The maximum absolute atomic E-state index is 13.1. The van der Waals surface area contributed by atoms with Crippen molar-refractivity contribution in [2.24, 2.45) is 16.5 Å². The van der Waals surface area contributed by atoms with Crippen molar-refractivity contribution < 1.29 is 13.2 Å². The molecule has 0 bridgehead atoms. The van der Waals surface area contributed by atoms with Crippen LogP contribution in [0.5, 0.6) is 0 Å². The smallest absolute Gasteiger partial charge is 0.394 e. The fourth-order valence-electron chi connectivity index (χ4n) is 2.37. The Morgan fingerprint density at radius 1 is 1.08 bits per heavy atom. The Labute approximate surface area is 150 Å². The van der Waals surface area contributed by atoms with Crippen molar-refractivity contribution in [1.29, 1.82) is 0 Å². The largest absolute Gasteiger partial charge is 0.431 e. The third kappa shape index (κ3) is 5.52. The molecule has 26 heavy (non-hydrogen) atoms. The minimum absolute atomic E-state index is 0.0467. The standard InChI is InChI=1S/C18H22F3N5/c19-18(20,21)17(23)13(11-24-10-6-2-1-5-9-22)16-12-25-14-7-3-4-8-15(14)26-16/h3-4,7-8,11-12H,1-2,5-6,9-10,22-23H2/b17-13+,24-11?. The molecule has 2 rings (SSSR count). The number of alkyl halides is 3. The molecule has 140 valence electrons. The quantitative estimate of drug-likeness (QED) is 0.554. The maximum atomic E-state index is 13.1. The Morgan fingerprint density at radius 3 is 2.46 bits per heavy atom. The first-order valence-electron chi connectivity index (χ1n) is 8.42. The van der Waals surface area contributed by atoms with Crippen molar-refractivity contribution in [2.75, 3.05) is 13.1 Å². The lowest BCUT2D eigenvalue weighted by Crippen LogP contribution is -2.22. The molecule has 0 saturated heterocycles. The molecule has 0 aliphatic carbocycles. The van der Waals surface area contributed by atoms with Gasteiger partial charge >= 0.3 is 6.18 Å². The van der Waals surface area contributed by atoms with Crippen LogP contribution < -0.4 is 11.5 Å². The van der Waals surface area contributed by atoms with Crippen LogP contribution in [-0.4, -0.2) is 35.4 Å². The molecule has 2 aromatic rings. The molecule has 1 aromatic heterocycles. The molecule has 0 amide bonds. The van der Waals surface area contributed by atoms with Crippen LogP contribution >= 0.6 is 0 Å². The van der Waals surface area contributed by atoms with E-state index in [-0.39, 0.29) is 11.3 Å². The number of unbranched alkanes of at least 4 members (excludes halogenated alkanes) is 3. The summed E-state index contributed by atoms with van der Waals surface area (Å²) in [7, 11) is 0. The summed E-state index contributed by atoms with van der Waals surface area (Å²) < 4.78 is 39.3. The highest BCUT2D eigenvalue weighted by atomic mass is 19.4. The first-order chi connectivity index (χ1) is 12.4. The van der Waals surface area contributed by atoms with Gasteiger partial charge < -0.3 is 11.5 Å². The van der Waals surface area contributed by atoms with Gasteiger partial charge in [0.1, 0.15) is 5.70 Å². The monoisotopic (exact) mass is 365 g/mol. The fourth-order valence-corrected chi connectivity index (χ4v) is 2.37. The Hall–Kier alpha value is -2.48. The minimum atomic E-state index is -4.67. The van der Waals surface area contributed by atoms with Gasteiger partial charge in [-0.1, -0.05) is 25.0 Å². The van der Waals surface area contributed by atoms with Gasteiger partial charge in [0.25, 0.3) is 0 Å². The second kappa shape index (κ2) is 9.28. The second-order valence-corrected chi connectivity index (χ2v) is 5.81. The van der Waals surface area contributed by atoms with Crippen molar-refractivity contribution >= 4 is 22.8 Å². The number of allylic oxidation sites excluding steroid dienone is 2. The van der Waals surface area contributed by atoms with E-state index < -0.39 is 11.9 Å². The molecule has 1 heterocycles. The Bertz CT molecular complexity index is 784. The van der Waals surface area contributed by atoms with E-state index in [0.29, 0.717) is 24.1 Å². The number of para-hydroxylation sites is 2.